The molecule has 0 bridgehead atoms. The topological polar surface area (TPSA) is 80.6 Å². The predicted octanol–water partition coefficient (Wildman–Crippen LogP) is 5.14. The monoisotopic (exact) mass is 478 g/mol. The number of rotatable bonds is 7. The maximum Gasteiger partial charge on any atom is 0.291 e. The SMILES string of the molecule is O=C(COc1ccc2ccccc2c1Br)NCc1ccc(NC(=O)c2ccco2)cc1. The van der Waals surface area contributed by atoms with Gasteiger partial charge in [0.1, 0.15) is 5.75 Å². The number of ether oxygens (including phenoxy) is 1. The summed E-state index contributed by atoms with van der Waals surface area (Å²) >= 11 is 3.55. The lowest BCUT2D eigenvalue weighted by molar-refractivity contribution is -0.123. The summed E-state index contributed by atoms with van der Waals surface area (Å²) in [7, 11) is 0. The van der Waals surface area contributed by atoms with E-state index in [1.807, 2.05) is 48.5 Å². The number of carbonyl (C=O) groups is 2. The third-order valence-corrected chi connectivity index (χ3v) is 5.45. The largest absolute Gasteiger partial charge is 0.483 e. The first kappa shape index (κ1) is 20.7. The zero-order valence-electron chi connectivity index (χ0n) is 16.4. The fourth-order valence-corrected chi connectivity index (χ4v) is 3.63. The van der Waals surface area contributed by atoms with E-state index in [4.69, 9.17) is 9.15 Å². The highest BCUT2D eigenvalue weighted by Crippen LogP contribution is 2.32. The smallest absolute Gasteiger partial charge is 0.291 e. The number of benzene rings is 3. The molecule has 0 radical (unpaired) electrons. The lowest BCUT2D eigenvalue weighted by Gasteiger charge is -2.11. The van der Waals surface area contributed by atoms with Gasteiger partial charge in [0.2, 0.25) is 0 Å². The van der Waals surface area contributed by atoms with Crippen molar-refractivity contribution < 1.29 is 18.7 Å². The molecule has 0 aliphatic rings. The average molecular weight is 479 g/mol. The summed E-state index contributed by atoms with van der Waals surface area (Å²) in [4.78, 5) is 24.2. The van der Waals surface area contributed by atoms with Crippen LogP contribution in [0.25, 0.3) is 10.8 Å². The third-order valence-electron chi connectivity index (χ3n) is 4.63. The molecule has 1 heterocycles. The molecule has 0 saturated carbocycles. The van der Waals surface area contributed by atoms with Crippen LogP contribution in [0.15, 0.2) is 87.9 Å². The Kier molecular flexibility index (Phi) is 6.33. The molecule has 0 aliphatic carbocycles. The minimum absolute atomic E-state index is 0.0891. The van der Waals surface area contributed by atoms with Crippen molar-refractivity contribution in [3.05, 3.63) is 94.9 Å². The van der Waals surface area contributed by atoms with Crippen molar-refractivity contribution in [2.24, 2.45) is 0 Å². The summed E-state index contributed by atoms with van der Waals surface area (Å²) in [5.41, 5.74) is 1.54. The van der Waals surface area contributed by atoms with E-state index < -0.39 is 0 Å². The third kappa shape index (κ3) is 5.13. The number of nitrogens with one attached hydrogen (secondary N) is 2. The van der Waals surface area contributed by atoms with E-state index in [1.54, 1.807) is 24.3 Å². The molecule has 3 aromatic carbocycles. The summed E-state index contributed by atoms with van der Waals surface area (Å²) in [6, 6.07) is 22.2. The van der Waals surface area contributed by atoms with Gasteiger partial charge < -0.3 is 19.8 Å². The van der Waals surface area contributed by atoms with Gasteiger partial charge in [-0.1, -0.05) is 42.5 Å². The van der Waals surface area contributed by atoms with Crippen LogP contribution >= 0.6 is 15.9 Å². The first-order chi connectivity index (χ1) is 15.1. The van der Waals surface area contributed by atoms with Gasteiger partial charge in [-0.3, -0.25) is 9.59 Å². The molecule has 4 aromatic rings. The maximum atomic E-state index is 12.2. The molecular weight excluding hydrogens is 460 g/mol. The van der Waals surface area contributed by atoms with Crippen LogP contribution in [-0.2, 0) is 11.3 Å². The Morgan fingerprint density at radius 2 is 1.74 bits per heavy atom. The molecule has 4 rings (SSSR count). The second-order valence-electron chi connectivity index (χ2n) is 6.79. The van der Waals surface area contributed by atoms with E-state index in [2.05, 4.69) is 26.6 Å². The van der Waals surface area contributed by atoms with Crippen LogP contribution in [0.1, 0.15) is 16.1 Å². The Morgan fingerprint density at radius 3 is 2.52 bits per heavy atom. The van der Waals surface area contributed by atoms with Crippen molar-refractivity contribution in [3.63, 3.8) is 0 Å². The van der Waals surface area contributed by atoms with E-state index in [1.165, 1.54) is 6.26 Å². The van der Waals surface area contributed by atoms with Crippen LogP contribution in [0.3, 0.4) is 0 Å². The van der Waals surface area contributed by atoms with Gasteiger partial charge in [-0.2, -0.15) is 0 Å². The number of hydrogen-bond acceptors (Lipinski definition) is 4. The number of halogens is 1. The van der Waals surface area contributed by atoms with E-state index in [0.717, 1.165) is 20.8 Å². The quantitative estimate of drug-likeness (QED) is 0.385. The first-order valence-electron chi connectivity index (χ1n) is 9.61. The fourth-order valence-electron chi connectivity index (χ4n) is 3.03. The van der Waals surface area contributed by atoms with Gasteiger partial charge in [-0.05, 0) is 62.6 Å². The molecule has 31 heavy (non-hydrogen) atoms. The minimum atomic E-state index is -0.317. The minimum Gasteiger partial charge on any atom is -0.483 e. The second kappa shape index (κ2) is 9.49. The molecule has 0 aliphatic heterocycles. The van der Waals surface area contributed by atoms with Crippen molar-refractivity contribution >= 4 is 44.2 Å². The van der Waals surface area contributed by atoms with Gasteiger partial charge in [0.15, 0.2) is 12.4 Å². The molecule has 7 heteroatoms. The number of anilines is 1. The standard InChI is InChI=1S/C24H19BrN2O4/c25-23-19-5-2-1-4-17(19)9-12-20(23)31-15-22(28)26-14-16-7-10-18(11-8-16)27-24(29)21-6-3-13-30-21/h1-13H,14-15H2,(H,26,28)(H,27,29). The zero-order valence-corrected chi connectivity index (χ0v) is 18.0. The van der Waals surface area contributed by atoms with Gasteiger partial charge in [-0.15, -0.1) is 0 Å². The number of carbonyl (C=O) groups excluding carboxylic acids is 2. The molecule has 2 amide bonds. The maximum absolute atomic E-state index is 12.2. The highest BCUT2D eigenvalue weighted by molar-refractivity contribution is 9.10. The highest BCUT2D eigenvalue weighted by atomic mass is 79.9. The molecular formula is C24H19BrN2O4. The first-order valence-corrected chi connectivity index (χ1v) is 10.4. The van der Waals surface area contributed by atoms with Crippen molar-refractivity contribution in [2.45, 2.75) is 6.54 Å². The van der Waals surface area contributed by atoms with Crippen LogP contribution in [-0.4, -0.2) is 18.4 Å². The van der Waals surface area contributed by atoms with Crippen LogP contribution in [0.5, 0.6) is 5.75 Å². The summed E-state index contributed by atoms with van der Waals surface area (Å²) < 4.78 is 11.6. The Morgan fingerprint density at radius 1 is 0.935 bits per heavy atom. The van der Waals surface area contributed by atoms with Gasteiger partial charge in [0.05, 0.1) is 10.7 Å². The summed E-state index contributed by atoms with van der Waals surface area (Å²) in [5, 5.41) is 7.70. The van der Waals surface area contributed by atoms with Gasteiger partial charge in [-0.25, -0.2) is 0 Å². The summed E-state index contributed by atoms with van der Waals surface area (Å²) in [6.07, 6.45) is 1.45. The van der Waals surface area contributed by atoms with Gasteiger partial charge >= 0.3 is 0 Å². The highest BCUT2D eigenvalue weighted by Gasteiger charge is 2.10. The number of amides is 2. The summed E-state index contributed by atoms with van der Waals surface area (Å²) in [5.74, 6) is 0.318. The van der Waals surface area contributed by atoms with Crippen LogP contribution < -0.4 is 15.4 Å². The fraction of sp³-hybridized carbons (Fsp3) is 0.0833. The van der Waals surface area contributed by atoms with E-state index in [0.29, 0.717) is 18.0 Å². The normalized spacial score (nSPS) is 10.6. The lowest BCUT2D eigenvalue weighted by atomic mass is 10.1. The van der Waals surface area contributed by atoms with Crippen molar-refractivity contribution in [2.75, 3.05) is 11.9 Å². The molecule has 0 saturated heterocycles. The molecule has 156 valence electrons. The number of fused-ring (bicyclic) bond motifs is 1. The molecule has 6 nitrogen and oxygen atoms in total. The van der Waals surface area contributed by atoms with E-state index in [-0.39, 0.29) is 24.2 Å². The van der Waals surface area contributed by atoms with Gasteiger partial charge in [0.25, 0.3) is 11.8 Å². The van der Waals surface area contributed by atoms with Crippen molar-refractivity contribution in [1.82, 2.24) is 5.32 Å². The Hall–Kier alpha value is -3.58. The predicted molar refractivity (Wildman–Crippen MR) is 122 cm³/mol. The van der Waals surface area contributed by atoms with Crippen LogP contribution in [0.4, 0.5) is 5.69 Å². The second-order valence-corrected chi connectivity index (χ2v) is 7.59. The Labute approximate surface area is 187 Å². The van der Waals surface area contributed by atoms with Crippen LogP contribution in [0.2, 0.25) is 0 Å². The van der Waals surface area contributed by atoms with E-state index >= 15 is 0 Å². The average Bonchev–Trinajstić information content (AvgIpc) is 3.34. The Balaban J connectivity index is 1.27. The zero-order chi connectivity index (χ0) is 21.6. The van der Waals surface area contributed by atoms with E-state index in [9.17, 15) is 9.59 Å². The van der Waals surface area contributed by atoms with Gasteiger partial charge in [0, 0.05) is 12.2 Å². The molecule has 0 atom stereocenters. The molecule has 1 aromatic heterocycles. The Bertz CT molecular complexity index is 1200. The van der Waals surface area contributed by atoms with Crippen LogP contribution in [0, 0.1) is 0 Å². The lowest BCUT2D eigenvalue weighted by Crippen LogP contribution is -2.28. The number of hydrogen-bond donors (Lipinski definition) is 2. The molecule has 0 spiro atoms. The van der Waals surface area contributed by atoms with Crippen molar-refractivity contribution in [3.8, 4) is 5.75 Å². The number of furan rings is 1. The summed E-state index contributed by atoms with van der Waals surface area (Å²) in [6.45, 7) is 0.266. The molecule has 0 unspecified atom stereocenters. The molecule has 2 N–H and O–H groups in total. The van der Waals surface area contributed by atoms with Crippen molar-refractivity contribution in [1.29, 1.82) is 0 Å². The molecule has 0 fully saturated rings.